The summed E-state index contributed by atoms with van der Waals surface area (Å²) in [6.45, 7) is -1.06. The van der Waals surface area contributed by atoms with Gasteiger partial charge in [0.15, 0.2) is 0 Å². The Morgan fingerprint density at radius 1 is 1.43 bits per heavy atom. The van der Waals surface area contributed by atoms with Crippen LogP contribution in [0.15, 0.2) is 24.5 Å². The molecule has 1 rings (SSSR count). The summed E-state index contributed by atoms with van der Waals surface area (Å²) >= 11 is 0. The van der Waals surface area contributed by atoms with Gasteiger partial charge in [-0.2, -0.15) is 0 Å². The number of amides is 2. The summed E-state index contributed by atoms with van der Waals surface area (Å²) in [4.78, 5) is 39.8. The summed E-state index contributed by atoms with van der Waals surface area (Å²) in [5.74, 6) is -2.44. The summed E-state index contributed by atoms with van der Waals surface area (Å²) in [5, 5.41) is 20.1. The highest BCUT2D eigenvalue weighted by Crippen LogP contribution is 2.05. The Morgan fingerprint density at radius 2 is 2.13 bits per heavy atom. The Balaban J connectivity index is 2.89. The third kappa shape index (κ3) is 6.01. The molecule has 0 bridgehead atoms. The molecule has 0 unspecified atom stereocenters. The number of aliphatic carboxylic acids is 1. The van der Waals surface area contributed by atoms with Crippen molar-refractivity contribution in [2.75, 3.05) is 20.2 Å². The molecule has 0 radical (unpaired) electrons. The number of carbonyl (C=O) groups is 3. The van der Waals surface area contributed by atoms with Crippen LogP contribution < -0.4 is 11.1 Å². The fraction of sp³-hybridized carbons (Fsp3) is 0.429. The highest BCUT2D eigenvalue weighted by atomic mass is 16.4. The smallest absolute Gasteiger partial charge is 0.323 e. The molecule has 0 saturated heterocycles. The molecule has 0 aliphatic heterocycles. The van der Waals surface area contributed by atoms with E-state index in [4.69, 9.17) is 15.9 Å². The normalized spacial score (nSPS) is 13.0. The highest BCUT2D eigenvalue weighted by molar-refractivity contribution is 5.91. The lowest BCUT2D eigenvalue weighted by molar-refractivity contribution is -0.144. The van der Waals surface area contributed by atoms with Crippen LogP contribution in [0.4, 0.5) is 0 Å². The minimum Gasteiger partial charge on any atom is -0.480 e. The van der Waals surface area contributed by atoms with Crippen LogP contribution in [0.2, 0.25) is 0 Å². The quantitative estimate of drug-likeness (QED) is 0.431. The molecular weight excluding hydrogens is 304 g/mol. The zero-order chi connectivity index (χ0) is 17.4. The van der Waals surface area contributed by atoms with E-state index in [1.54, 1.807) is 18.3 Å². The maximum absolute atomic E-state index is 12.4. The molecule has 126 valence electrons. The number of carbonyl (C=O) groups excluding carboxylic acids is 2. The lowest BCUT2D eigenvalue weighted by atomic mass is 10.1. The van der Waals surface area contributed by atoms with E-state index in [-0.39, 0.29) is 6.42 Å². The molecule has 1 aromatic rings. The van der Waals surface area contributed by atoms with Gasteiger partial charge in [0, 0.05) is 25.9 Å². The van der Waals surface area contributed by atoms with E-state index in [2.05, 4.69) is 10.3 Å². The number of nitrogens with two attached hydrogens (primary N) is 1. The van der Waals surface area contributed by atoms with Crippen LogP contribution in [-0.4, -0.2) is 70.2 Å². The van der Waals surface area contributed by atoms with E-state index in [0.29, 0.717) is 5.56 Å². The summed E-state index contributed by atoms with van der Waals surface area (Å²) in [7, 11) is 1.32. The molecule has 9 heteroatoms. The molecule has 0 aromatic carbocycles. The van der Waals surface area contributed by atoms with Crippen LogP contribution in [0, 0.1) is 0 Å². The third-order valence-corrected chi connectivity index (χ3v) is 3.06. The number of carboxylic acids is 1. The van der Waals surface area contributed by atoms with Crippen molar-refractivity contribution < 1.29 is 24.6 Å². The maximum Gasteiger partial charge on any atom is 0.323 e. The standard InChI is InChI=1S/C14H20N4O5/c1-18(7-12(20)21)14(23)11(17-13(22)10(15)8-19)5-9-3-2-4-16-6-9/h2-4,6,10-11,19H,5,7-8,15H2,1H3,(H,17,22)(H,20,21)/t10-,11-/m0/s1. The average Bonchev–Trinajstić information content (AvgIpc) is 2.52. The van der Waals surface area contributed by atoms with Gasteiger partial charge in [0.25, 0.3) is 0 Å². The second kappa shape index (κ2) is 8.81. The molecule has 0 spiro atoms. The van der Waals surface area contributed by atoms with Gasteiger partial charge in [0.1, 0.15) is 18.6 Å². The SMILES string of the molecule is CN(CC(=O)O)C(=O)[C@H](Cc1cccnc1)NC(=O)[C@@H](N)CO. The zero-order valence-corrected chi connectivity index (χ0v) is 12.7. The van der Waals surface area contributed by atoms with Crippen molar-refractivity contribution in [2.45, 2.75) is 18.5 Å². The molecule has 5 N–H and O–H groups in total. The average molecular weight is 324 g/mol. The van der Waals surface area contributed by atoms with Crippen LogP contribution in [0.5, 0.6) is 0 Å². The number of aromatic nitrogens is 1. The van der Waals surface area contributed by atoms with E-state index in [1.807, 2.05) is 0 Å². The molecule has 1 aromatic heterocycles. The van der Waals surface area contributed by atoms with Gasteiger partial charge in [-0.3, -0.25) is 19.4 Å². The van der Waals surface area contributed by atoms with E-state index < -0.39 is 43.0 Å². The molecule has 2 amide bonds. The Labute approximate surface area is 133 Å². The lowest BCUT2D eigenvalue weighted by Gasteiger charge is -2.24. The van der Waals surface area contributed by atoms with E-state index >= 15 is 0 Å². The van der Waals surface area contributed by atoms with E-state index in [0.717, 1.165) is 4.90 Å². The number of hydrogen-bond donors (Lipinski definition) is 4. The number of rotatable bonds is 8. The first kappa shape index (κ1) is 18.5. The van der Waals surface area contributed by atoms with Crippen molar-refractivity contribution in [1.82, 2.24) is 15.2 Å². The number of likely N-dealkylation sites (N-methyl/N-ethyl adjacent to an activating group) is 1. The van der Waals surface area contributed by atoms with Gasteiger partial charge in [-0.15, -0.1) is 0 Å². The van der Waals surface area contributed by atoms with Crippen molar-refractivity contribution in [3.05, 3.63) is 30.1 Å². The largest absolute Gasteiger partial charge is 0.480 e. The number of carboxylic acid groups (broad SMARTS) is 1. The minimum absolute atomic E-state index is 0.126. The molecule has 2 atom stereocenters. The van der Waals surface area contributed by atoms with Crippen LogP contribution in [0.25, 0.3) is 0 Å². The van der Waals surface area contributed by atoms with Crippen LogP contribution in [0.1, 0.15) is 5.56 Å². The summed E-state index contributed by atoms with van der Waals surface area (Å²) < 4.78 is 0. The first-order valence-corrected chi connectivity index (χ1v) is 6.87. The monoisotopic (exact) mass is 324 g/mol. The zero-order valence-electron chi connectivity index (χ0n) is 12.7. The van der Waals surface area contributed by atoms with Gasteiger partial charge in [-0.25, -0.2) is 0 Å². The maximum atomic E-state index is 12.4. The Morgan fingerprint density at radius 3 is 2.65 bits per heavy atom. The van der Waals surface area contributed by atoms with Gasteiger partial charge in [-0.1, -0.05) is 6.07 Å². The van der Waals surface area contributed by atoms with Gasteiger partial charge in [0.2, 0.25) is 11.8 Å². The second-order valence-electron chi connectivity index (χ2n) is 5.00. The van der Waals surface area contributed by atoms with Gasteiger partial charge in [-0.05, 0) is 11.6 Å². The highest BCUT2D eigenvalue weighted by Gasteiger charge is 2.27. The van der Waals surface area contributed by atoms with Crippen LogP contribution >= 0.6 is 0 Å². The van der Waals surface area contributed by atoms with Crippen LogP contribution in [-0.2, 0) is 20.8 Å². The van der Waals surface area contributed by atoms with E-state index in [1.165, 1.54) is 13.2 Å². The molecular formula is C14H20N4O5. The number of nitrogens with zero attached hydrogens (tertiary/aromatic N) is 2. The fourth-order valence-corrected chi connectivity index (χ4v) is 1.86. The predicted molar refractivity (Wildman–Crippen MR) is 80.2 cm³/mol. The first-order chi connectivity index (χ1) is 10.8. The number of aliphatic hydroxyl groups excluding tert-OH is 1. The molecule has 1 heterocycles. The fourth-order valence-electron chi connectivity index (χ4n) is 1.86. The minimum atomic E-state index is -1.17. The molecule has 0 aliphatic carbocycles. The Bertz CT molecular complexity index is 551. The molecule has 9 nitrogen and oxygen atoms in total. The van der Waals surface area contributed by atoms with Crippen molar-refractivity contribution in [1.29, 1.82) is 0 Å². The molecule has 0 fully saturated rings. The van der Waals surface area contributed by atoms with Crippen LogP contribution in [0.3, 0.4) is 0 Å². The molecule has 0 saturated carbocycles. The number of nitrogens with one attached hydrogen (secondary N) is 1. The van der Waals surface area contributed by atoms with E-state index in [9.17, 15) is 14.4 Å². The number of aliphatic hydroxyl groups is 1. The Kier molecular flexibility index (Phi) is 7.10. The van der Waals surface area contributed by atoms with Crippen molar-refractivity contribution in [3.8, 4) is 0 Å². The van der Waals surface area contributed by atoms with Crippen molar-refractivity contribution in [2.24, 2.45) is 5.73 Å². The topological polar surface area (TPSA) is 146 Å². The summed E-state index contributed by atoms with van der Waals surface area (Å²) in [6, 6.07) is 1.24. The summed E-state index contributed by atoms with van der Waals surface area (Å²) in [6.07, 6.45) is 3.23. The number of hydrogen-bond acceptors (Lipinski definition) is 6. The third-order valence-electron chi connectivity index (χ3n) is 3.06. The molecule has 23 heavy (non-hydrogen) atoms. The predicted octanol–water partition coefficient (Wildman–Crippen LogP) is -2.03. The number of pyridine rings is 1. The molecule has 0 aliphatic rings. The van der Waals surface area contributed by atoms with Crippen molar-refractivity contribution >= 4 is 17.8 Å². The lowest BCUT2D eigenvalue weighted by Crippen LogP contribution is -2.54. The summed E-state index contributed by atoms with van der Waals surface area (Å²) in [5.41, 5.74) is 6.11. The Hall–Kier alpha value is -2.52. The van der Waals surface area contributed by atoms with Gasteiger partial charge in [0.05, 0.1) is 6.61 Å². The first-order valence-electron chi connectivity index (χ1n) is 6.87. The second-order valence-corrected chi connectivity index (χ2v) is 5.00. The van der Waals surface area contributed by atoms with Gasteiger partial charge >= 0.3 is 5.97 Å². The van der Waals surface area contributed by atoms with Gasteiger partial charge < -0.3 is 26.2 Å². The van der Waals surface area contributed by atoms with Crippen molar-refractivity contribution in [3.63, 3.8) is 0 Å².